The fourth-order valence-corrected chi connectivity index (χ4v) is 4.40. The van der Waals surface area contributed by atoms with Crippen LogP contribution in [0.4, 0.5) is 0 Å². The zero-order chi connectivity index (χ0) is 22.8. The first-order chi connectivity index (χ1) is 15.3. The van der Waals surface area contributed by atoms with E-state index in [-0.39, 0.29) is 11.4 Å². The molecule has 8 heteroatoms. The van der Waals surface area contributed by atoms with E-state index in [0.717, 1.165) is 22.6 Å². The standard InChI is InChI=1S/C24H22ClN3O3S/c1-14-4-5-15(2)21(10-14)31-9-8-30-20-7-6-17(12-19(20)25)11-18-22(26)28-16(3)13-32-24(28)27-23(18)29/h4-7,10-13,26H,8-9H2,1-3H3/b18-11-,26-22?. The van der Waals surface area contributed by atoms with Gasteiger partial charge in [-0.05, 0) is 67.1 Å². The van der Waals surface area contributed by atoms with Crippen molar-refractivity contribution in [2.24, 2.45) is 4.99 Å². The predicted molar refractivity (Wildman–Crippen MR) is 130 cm³/mol. The van der Waals surface area contributed by atoms with E-state index in [1.807, 2.05) is 44.4 Å². The van der Waals surface area contributed by atoms with Crippen molar-refractivity contribution in [1.29, 1.82) is 5.41 Å². The molecule has 0 atom stereocenters. The van der Waals surface area contributed by atoms with Gasteiger partial charge in [0.05, 0.1) is 10.6 Å². The van der Waals surface area contributed by atoms with Crippen LogP contribution in [0.15, 0.2) is 58.1 Å². The Hall–Kier alpha value is -3.03. The van der Waals surface area contributed by atoms with Crippen LogP contribution in [0.1, 0.15) is 23.6 Å². The molecule has 0 radical (unpaired) electrons. The minimum absolute atomic E-state index is 0.110. The van der Waals surface area contributed by atoms with Gasteiger partial charge >= 0.3 is 0 Å². The summed E-state index contributed by atoms with van der Waals surface area (Å²) in [6.45, 7) is 6.63. The molecule has 0 saturated heterocycles. The van der Waals surface area contributed by atoms with E-state index in [0.29, 0.717) is 34.7 Å². The number of amides is 1. The molecule has 0 spiro atoms. The third-order valence-electron chi connectivity index (χ3n) is 4.99. The number of thioether (sulfide) groups is 1. The summed E-state index contributed by atoms with van der Waals surface area (Å²) in [6.07, 6.45) is 1.63. The first-order valence-electron chi connectivity index (χ1n) is 10.0. The summed E-state index contributed by atoms with van der Waals surface area (Å²) in [6, 6.07) is 11.3. The van der Waals surface area contributed by atoms with Gasteiger partial charge in [-0.1, -0.05) is 41.6 Å². The molecule has 2 aliphatic rings. The molecule has 164 valence electrons. The Labute approximate surface area is 196 Å². The van der Waals surface area contributed by atoms with E-state index in [4.69, 9.17) is 26.5 Å². The Kier molecular flexibility index (Phi) is 6.39. The number of carbonyl (C=O) groups is 1. The zero-order valence-electron chi connectivity index (χ0n) is 17.9. The van der Waals surface area contributed by atoms with Crippen LogP contribution in [-0.2, 0) is 4.79 Å². The van der Waals surface area contributed by atoms with E-state index in [1.165, 1.54) is 11.8 Å². The summed E-state index contributed by atoms with van der Waals surface area (Å²) in [4.78, 5) is 18.2. The van der Waals surface area contributed by atoms with Crippen LogP contribution in [0.2, 0.25) is 5.02 Å². The molecule has 4 rings (SSSR count). The van der Waals surface area contributed by atoms with Crippen LogP contribution in [-0.4, -0.2) is 35.0 Å². The topological polar surface area (TPSA) is 75.0 Å². The van der Waals surface area contributed by atoms with Crippen molar-refractivity contribution < 1.29 is 14.3 Å². The summed E-state index contributed by atoms with van der Waals surface area (Å²) in [5.41, 5.74) is 3.98. The van der Waals surface area contributed by atoms with Crippen LogP contribution in [0, 0.1) is 19.3 Å². The second-order valence-corrected chi connectivity index (χ2v) is 8.72. The second-order valence-electron chi connectivity index (χ2n) is 7.47. The third-order valence-corrected chi connectivity index (χ3v) is 6.23. The summed E-state index contributed by atoms with van der Waals surface area (Å²) in [5, 5.41) is 11.2. The highest BCUT2D eigenvalue weighted by molar-refractivity contribution is 8.16. The van der Waals surface area contributed by atoms with Crippen LogP contribution in [0.5, 0.6) is 11.5 Å². The minimum Gasteiger partial charge on any atom is -0.490 e. The van der Waals surface area contributed by atoms with Crippen molar-refractivity contribution in [3.63, 3.8) is 0 Å². The van der Waals surface area contributed by atoms with Crippen molar-refractivity contribution >= 4 is 46.3 Å². The largest absolute Gasteiger partial charge is 0.490 e. The Morgan fingerprint density at radius 1 is 1.09 bits per heavy atom. The number of fused-ring (bicyclic) bond motifs is 1. The van der Waals surface area contributed by atoms with Gasteiger partial charge in [-0.3, -0.25) is 15.1 Å². The number of halogens is 1. The van der Waals surface area contributed by atoms with Gasteiger partial charge in [0.15, 0.2) is 5.17 Å². The molecule has 1 N–H and O–H groups in total. The fourth-order valence-electron chi connectivity index (χ4n) is 3.30. The summed E-state index contributed by atoms with van der Waals surface area (Å²) in [7, 11) is 0. The number of aryl methyl sites for hydroxylation is 2. The molecule has 0 aromatic heterocycles. The number of allylic oxidation sites excluding steroid dienone is 1. The van der Waals surface area contributed by atoms with Gasteiger partial charge in [0.2, 0.25) is 0 Å². The van der Waals surface area contributed by atoms with Crippen LogP contribution in [0.25, 0.3) is 6.08 Å². The number of ether oxygens (including phenoxy) is 2. The molecule has 2 aliphatic heterocycles. The summed E-state index contributed by atoms with van der Waals surface area (Å²) in [5.74, 6) is 1.04. The molecule has 2 aromatic rings. The third kappa shape index (κ3) is 4.59. The SMILES string of the molecule is CC1=CSC2=NC(=O)/C(=C\c3ccc(OCCOc4cc(C)ccc4C)c(Cl)c3)C(=N)N12. The number of rotatable bonds is 6. The maximum Gasteiger partial charge on any atom is 0.283 e. The molecule has 0 bridgehead atoms. The maximum absolute atomic E-state index is 12.4. The highest BCUT2D eigenvalue weighted by Gasteiger charge is 2.33. The monoisotopic (exact) mass is 467 g/mol. The first kappa shape index (κ1) is 22.2. The number of nitrogens with one attached hydrogen (secondary N) is 1. The quantitative estimate of drug-likeness (QED) is 0.443. The lowest BCUT2D eigenvalue weighted by Gasteiger charge is -2.25. The number of aliphatic imine (C=N–C) groups is 1. The Morgan fingerprint density at radius 2 is 1.84 bits per heavy atom. The zero-order valence-corrected chi connectivity index (χ0v) is 19.5. The highest BCUT2D eigenvalue weighted by Crippen LogP contribution is 2.33. The average Bonchev–Trinajstić information content (AvgIpc) is 3.12. The Balaban J connectivity index is 1.41. The van der Waals surface area contributed by atoms with Crippen LogP contribution >= 0.6 is 23.4 Å². The van der Waals surface area contributed by atoms with Gasteiger partial charge in [-0.2, -0.15) is 4.99 Å². The molecular weight excluding hydrogens is 446 g/mol. The lowest BCUT2D eigenvalue weighted by molar-refractivity contribution is -0.114. The normalized spacial score (nSPS) is 16.8. The molecule has 0 aliphatic carbocycles. The van der Waals surface area contributed by atoms with Gasteiger partial charge in [0.25, 0.3) is 5.91 Å². The predicted octanol–water partition coefficient (Wildman–Crippen LogP) is 5.58. The molecule has 32 heavy (non-hydrogen) atoms. The molecule has 0 unspecified atom stereocenters. The summed E-state index contributed by atoms with van der Waals surface area (Å²) >= 11 is 7.73. The van der Waals surface area contributed by atoms with E-state index in [9.17, 15) is 4.79 Å². The molecule has 2 heterocycles. The molecular formula is C24H22ClN3O3S. The van der Waals surface area contributed by atoms with E-state index in [1.54, 1.807) is 29.2 Å². The molecule has 1 amide bonds. The van der Waals surface area contributed by atoms with Gasteiger partial charge in [0.1, 0.15) is 30.5 Å². The number of nitrogens with zero attached hydrogens (tertiary/aromatic N) is 2. The van der Waals surface area contributed by atoms with Gasteiger partial charge < -0.3 is 9.47 Å². The number of hydrogen-bond acceptors (Lipinski definition) is 5. The van der Waals surface area contributed by atoms with Crippen molar-refractivity contribution in [1.82, 2.24) is 4.90 Å². The van der Waals surface area contributed by atoms with Crippen LogP contribution in [0.3, 0.4) is 0 Å². The van der Waals surface area contributed by atoms with Crippen molar-refractivity contribution in [2.75, 3.05) is 13.2 Å². The Morgan fingerprint density at radius 3 is 2.59 bits per heavy atom. The van der Waals surface area contributed by atoms with Crippen molar-refractivity contribution in [3.05, 3.63) is 74.8 Å². The number of amidine groups is 2. The Bertz CT molecular complexity index is 1200. The van der Waals surface area contributed by atoms with Gasteiger partial charge in [-0.25, -0.2) is 0 Å². The van der Waals surface area contributed by atoms with E-state index < -0.39 is 5.91 Å². The molecule has 0 saturated carbocycles. The first-order valence-corrected chi connectivity index (χ1v) is 11.3. The number of carbonyl (C=O) groups excluding carboxylic acids is 1. The van der Waals surface area contributed by atoms with Gasteiger partial charge in [-0.15, -0.1) is 0 Å². The van der Waals surface area contributed by atoms with Crippen molar-refractivity contribution in [2.45, 2.75) is 20.8 Å². The lowest BCUT2D eigenvalue weighted by Crippen LogP contribution is -2.37. The fraction of sp³-hybridized carbons (Fsp3) is 0.208. The van der Waals surface area contributed by atoms with E-state index in [2.05, 4.69) is 4.99 Å². The number of benzene rings is 2. The molecule has 6 nitrogen and oxygen atoms in total. The molecule has 2 aromatic carbocycles. The van der Waals surface area contributed by atoms with Crippen LogP contribution < -0.4 is 9.47 Å². The van der Waals surface area contributed by atoms with Crippen molar-refractivity contribution in [3.8, 4) is 11.5 Å². The second kappa shape index (κ2) is 9.22. The molecule has 0 fully saturated rings. The minimum atomic E-state index is -0.433. The number of hydrogen-bond donors (Lipinski definition) is 1. The maximum atomic E-state index is 12.4. The average molecular weight is 468 g/mol. The summed E-state index contributed by atoms with van der Waals surface area (Å²) < 4.78 is 11.6. The lowest BCUT2D eigenvalue weighted by atomic mass is 10.1. The van der Waals surface area contributed by atoms with E-state index >= 15 is 0 Å². The smallest absolute Gasteiger partial charge is 0.283 e. The highest BCUT2D eigenvalue weighted by atomic mass is 35.5. The van der Waals surface area contributed by atoms with Gasteiger partial charge in [0, 0.05) is 5.70 Å².